The van der Waals surface area contributed by atoms with Gasteiger partial charge in [0.05, 0.1) is 15.8 Å². The van der Waals surface area contributed by atoms with E-state index in [1.165, 1.54) is 4.31 Å². The minimum atomic E-state index is -3.46. The molecule has 0 atom stereocenters. The first-order valence-electron chi connectivity index (χ1n) is 9.04. The van der Waals surface area contributed by atoms with Gasteiger partial charge in [-0.15, -0.1) is 0 Å². The molecule has 1 N–H and O–H groups in total. The predicted molar refractivity (Wildman–Crippen MR) is 112 cm³/mol. The van der Waals surface area contributed by atoms with Gasteiger partial charge in [0, 0.05) is 24.7 Å². The second-order valence-corrected chi connectivity index (χ2v) is 9.75. The van der Waals surface area contributed by atoms with E-state index >= 15 is 0 Å². The summed E-state index contributed by atoms with van der Waals surface area (Å²) in [6, 6.07) is 12.2. The zero-order valence-electron chi connectivity index (χ0n) is 15.5. The van der Waals surface area contributed by atoms with Crippen molar-refractivity contribution in [2.45, 2.75) is 31.6 Å². The van der Waals surface area contributed by atoms with Crippen LogP contribution in [0.1, 0.15) is 34.3 Å². The summed E-state index contributed by atoms with van der Waals surface area (Å²) in [4.78, 5) is 12.4. The van der Waals surface area contributed by atoms with Gasteiger partial charge < -0.3 is 5.32 Å². The molecular weight excluding hydrogens is 419 g/mol. The molecule has 1 aliphatic heterocycles. The zero-order chi connectivity index (χ0) is 20.3. The van der Waals surface area contributed by atoms with Gasteiger partial charge in [0.2, 0.25) is 10.0 Å². The Kier molecular flexibility index (Phi) is 6.65. The van der Waals surface area contributed by atoms with Gasteiger partial charge >= 0.3 is 0 Å². The van der Waals surface area contributed by atoms with Crippen molar-refractivity contribution in [3.05, 3.63) is 69.2 Å². The molecule has 5 nitrogen and oxygen atoms in total. The molecule has 0 radical (unpaired) electrons. The SMILES string of the molecule is Cc1ccccc1C(=O)NC1CCN(S(=O)(=O)Cc2ccc(Cl)c(Cl)c2)CC1. The molecule has 1 saturated heterocycles. The van der Waals surface area contributed by atoms with Crippen LogP contribution >= 0.6 is 23.2 Å². The Morgan fingerprint density at radius 2 is 1.79 bits per heavy atom. The van der Waals surface area contributed by atoms with E-state index in [2.05, 4.69) is 5.32 Å². The average Bonchev–Trinajstić information content (AvgIpc) is 2.65. The van der Waals surface area contributed by atoms with E-state index in [0.717, 1.165) is 5.56 Å². The number of hydrogen-bond acceptors (Lipinski definition) is 3. The molecule has 1 heterocycles. The van der Waals surface area contributed by atoms with Gasteiger partial charge in [-0.05, 0) is 49.1 Å². The van der Waals surface area contributed by atoms with Crippen molar-refractivity contribution in [1.29, 1.82) is 0 Å². The number of benzene rings is 2. The topological polar surface area (TPSA) is 66.5 Å². The van der Waals surface area contributed by atoms with E-state index in [1.54, 1.807) is 24.3 Å². The molecule has 0 saturated carbocycles. The van der Waals surface area contributed by atoms with E-state index in [0.29, 0.717) is 47.1 Å². The van der Waals surface area contributed by atoms with E-state index in [1.807, 2.05) is 25.1 Å². The van der Waals surface area contributed by atoms with Crippen LogP contribution in [0.25, 0.3) is 0 Å². The first kappa shape index (κ1) is 21.1. The normalized spacial score (nSPS) is 16.1. The minimum absolute atomic E-state index is 0.0384. The summed E-state index contributed by atoms with van der Waals surface area (Å²) in [6.45, 7) is 2.65. The van der Waals surface area contributed by atoms with Crippen molar-refractivity contribution in [2.24, 2.45) is 0 Å². The molecule has 28 heavy (non-hydrogen) atoms. The molecule has 0 bridgehead atoms. The van der Waals surface area contributed by atoms with E-state index in [4.69, 9.17) is 23.2 Å². The summed E-state index contributed by atoms with van der Waals surface area (Å²) in [5.41, 5.74) is 2.17. The maximum atomic E-state index is 12.7. The van der Waals surface area contributed by atoms with Crippen molar-refractivity contribution >= 4 is 39.1 Å². The van der Waals surface area contributed by atoms with Crippen LogP contribution in [0.15, 0.2) is 42.5 Å². The van der Waals surface area contributed by atoms with Gasteiger partial charge in [0.1, 0.15) is 0 Å². The Balaban J connectivity index is 1.57. The third kappa shape index (κ3) is 5.06. The Morgan fingerprint density at radius 1 is 1.11 bits per heavy atom. The lowest BCUT2D eigenvalue weighted by molar-refractivity contribution is 0.0923. The number of hydrogen-bond donors (Lipinski definition) is 1. The fraction of sp³-hybridized carbons (Fsp3) is 0.350. The molecule has 2 aromatic rings. The smallest absolute Gasteiger partial charge is 0.251 e. The number of sulfonamides is 1. The second-order valence-electron chi connectivity index (χ2n) is 6.97. The quantitative estimate of drug-likeness (QED) is 0.762. The summed E-state index contributed by atoms with van der Waals surface area (Å²) in [7, 11) is -3.46. The molecule has 1 fully saturated rings. The van der Waals surface area contributed by atoms with Gasteiger partial charge in [0.25, 0.3) is 5.91 Å². The Bertz CT molecular complexity index is 971. The van der Waals surface area contributed by atoms with E-state index in [-0.39, 0.29) is 17.7 Å². The summed E-state index contributed by atoms with van der Waals surface area (Å²) in [6.07, 6.45) is 1.16. The van der Waals surface area contributed by atoms with Gasteiger partial charge in [0.15, 0.2) is 0 Å². The summed E-state index contributed by atoms with van der Waals surface area (Å²) < 4.78 is 26.9. The fourth-order valence-electron chi connectivity index (χ4n) is 3.30. The molecule has 150 valence electrons. The molecule has 1 amide bonds. The van der Waals surface area contributed by atoms with Crippen LogP contribution in [0.4, 0.5) is 0 Å². The Hall–Kier alpha value is -1.60. The second kappa shape index (κ2) is 8.82. The third-order valence-electron chi connectivity index (χ3n) is 4.91. The number of rotatable bonds is 5. The van der Waals surface area contributed by atoms with Gasteiger partial charge in [-0.3, -0.25) is 4.79 Å². The third-order valence-corrected chi connectivity index (χ3v) is 7.49. The highest BCUT2D eigenvalue weighted by atomic mass is 35.5. The molecule has 1 aliphatic rings. The standard InChI is InChI=1S/C20H22Cl2N2O3S/c1-14-4-2-3-5-17(14)20(25)23-16-8-10-24(11-9-16)28(26,27)13-15-6-7-18(21)19(22)12-15/h2-7,12,16H,8-11,13H2,1H3,(H,23,25). The number of aryl methyl sites for hydroxylation is 1. The monoisotopic (exact) mass is 440 g/mol. The van der Waals surface area contributed by atoms with E-state index < -0.39 is 10.0 Å². The number of nitrogens with one attached hydrogen (secondary N) is 1. The van der Waals surface area contributed by atoms with E-state index in [9.17, 15) is 13.2 Å². The highest BCUT2D eigenvalue weighted by Gasteiger charge is 2.29. The minimum Gasteiger partial charge on any atom is -0.349 e. The van der Waals surface area contributed by atoms with Crippen LogP contribution in [0.5, 0.6) is 0 Å². The summed E-state index contributed by atoms with van der Waals surface area (Å²) in [5, 5.41) is 3.75. The van der Waals surface area contributed by atoms with Gasteiger partial charge in [-0.1, -0.05) is 47.5 Å². The Morgan fingerprint density at radius 3 is 2.43 bits per heavy atom. The number of carbonyl (C=O) groups is 1. The van der Waals surface area contributed by atoms with Crippen molar-refractivity contribution in [3.63, 3.8) is 0 Å². The maximum absolute atomic E-state index is 12.7. The summed E-state index contributed by atoms with van der Waals surface area (Å²) >= 11 is 11.9. The van der Waals surface area contributed by atoms with Crippen LogP contribution in [-0.4, -0.2) is 37.8 Å². The number of carbonyl (C=O) groups excluding carboxylic acids is 1. The van der Waals surface area contributed by atoms with Crippen molar-refractivity contribution in [3.8, 4) is 0 Å². The van der Waals surface area contributed by atoms with Gasteiger partial charge in [-0.25, -0.2) is 12.7 Å². The number of piperidine rings is 1. The molecule has 3 rings (SSSR count). The maximum Gasteiger partial charge on any atom is 0.251 e. The van der Waals surface area contributed by atoms with Crippen LogP contribution in [0, 0.1) is 6.92 Å². The molecule has 0 aromatic heterocycles. The Labute approximate surface area is 175 Å². The lowest BCUT2D eigenvalue weighted by Gasteiger charge is -2.31. The fourth-order valence-corrected chi connectivity index (χ4v) is 5.17. The predicted octanol–water partition coefficient (Wildman–Crippen LogP) is 4.03. The van der Waals surface area contributed by atoms with Crippen molar-refractivity contribution in [1.82, 2.24) is 9.62 Å². The number of nitrogens with zero attached hydrogens (tertiary/aromatic N) is 1. The molecule has 0 spiro atoms. The number of amides is 1. The largest absolute Gasteiger partial charge is 0.349 e. The van der Waals surface area contributed by atoms with Crippen molar-refractivity contribution < 1.29 is 13.2 Å². The first-order valence-corrected chi connectivity index (χ1v) is 11.4. The number of halogens is 2. The lowest BCUT2D eigenvalue weighted by atomic mass is 10.0. The first-order chi connectivity index (χ1) is 13.3. The van der Waals surface area contributed by atoms with Crippen LogP contribution < -0.4 is 5.32 Å². The average molecular weight is 441 g/mol. The molecule has 0 aliphatic carbocycles. The van der Waals surface area contributed by atoms with Crippen LogP contribution in [0.2, 0.25) is 10.0 Å². The molecular formula is C20H22Cl2N2O3S. The lowest BCUT2D eigenvalue weighted by Crippen LogP contribution is -2.46. The van der Waals surface area contributed by atoms with Crippen molar-refractivity contribution in [2.75, 3.05) is 13.1 Å². The molecule has 8 heteroatoms. The molecule has 2 aromatic carbocycles. The van der Waals surface area contributed by atoms with Gasteiger partial charge in [-0.2, -0.15) is 0 Å². The van der Waals surface area contributed by atoms with Crippen LogP contribution in [0.3, 0.4) is 0 Å². The zero-order valence-corrected chi connectivity index (χ0v) is 17.8. The highest BCUT2D eigenvalue weighted by molar-refractivity contribution is 7.88. The van der Waals surface area contributed by atoms with Crippen LogP contribution in [-0.2, 0) is 15.8 Å². The molecule has 0 unspecified atom stereocenters. The summed E-state index contributed by atoms with van der Waals surface area (Å²) in [5.74, 6) is -0.236. The highest BCUT2D eigenvalue weighted by Crippen LogP contribution is 2.25.